The van der Waals surface area contributed by atoms with Crippen LogP contribution in [0.1, 0.15) is 123 Å². The summed E-state index contributed by atoms with van der Waals surface area (Å²) in [5.74, 6) is -1.09. The van der Waals surface area contributed by atoms with Crippen molar-refractivity contribution in [1.29, 1.82) is 0 Å². The van der Waals surface area contributed by atoms with Crippen molar-refractivity contribution in [2.75, 3.05) is 26.3 Å². The predicted octanol–water partition coefficient (Wildman–Crippen LogP) is 11.5. The molecule has 0 saturated carbocycles. The number of nitrogens with one attached hydrogen (secondary N) is 1. The lowest BCUT2D eigenvalue weighted by atomic mass is 9.92. The number of carbonyl (C=O) groups is 3. The molecule has 1 aliphatic rings. The lowest BCUT2D eigenvalue weighted by Crippen LogP contribution is -2.50. The fourth-order valence-electron chi connectivity index (χ4n) is 7.98. The Bertz CT molecular complexity index is 2750. The molecular weight excluding hydrogens is 919 g/mol. The molecule has 15 heteroatoms. The van der Waals surface area contributed by atoms with E-state index < -0.39 is 32.6 Å². The molecule has 0 aliphatic carbocycles. The van der Waals surface area contributed by atoms with Crippen LogP contribution in [0.2, 0.25) is 36.3 Å². The third-order valence-electron chi connectivity index (χ3n) is 14.5. The van der Waals surface area contributed by atoms with Crippen molar-refractivity contribution in [2.24, 2.45) is 0 Å². The molecule has 2 heterocycles. The van der Waals surface area contributed by atoms with E-state index in [1.807, 2.05) is 56.8 Å². The van der Waals surface area contributed by atoms with Gasteiger partial charge in [-0.2, -0.15) is 0 Å². The first kappa shape index (κ1) is 53.4. The lowest BCUT2D eigenvalue weighted by Gasteiger charge is -2.41. The van der Waals surface area contributed by atoms with Crippen LogP contribution < -0.4 is 4.72 Å². The summed E-state index contributed by atoms with van der Waals surface area (Å²) in [4.78, 5) is 53.1. The molecule has 0 unspecified atom stereocenters. The van der Waals surface area contributed by atoms with E-state index in [0.29, 0.717) is 56.0 Å². The van der Waals surface area contributed by atoms with Gasteiger partial charge in [0.15, 0.2) is 16.6 Å². The number of amides is 3. The Hall–Kier alpha value is -4.94. The zero-order chi connectivity index (χ0) is 50.5. The number of unbranched alkanes of at least 4 members (excludes halogenated alkanes) is 2. The topological polar surface area (TPSA) is 140 Å². The van der Waals surface area contributed by atoms with Crippen molar-refractivity contribution in [3.8, 4) is 11.4 Å². The number of hydrogen-bond acceptors (Lipinski definition) is 8. The summed E-state index contributed by atoms with van der Waals surface area (Å²) in [6, 6.07) is 24.5. The fraction of sp³-hybridized carbons (Fsp3) is 0.481. The van der Waals surface area contributed by atoms with E-state index in [-0.39, 0.29) is 56.2 Å². The van der Waals surface area contributed by atoms with Gasteiger partial charge in [0, 0.05) is 43.5 Å². The molecule has 69 heavy (non-hydrogen) atoms. The van der Waals surface area contributed by atoms with E-state index in [2.05, 4.69) is 92.4 Å². The molecule has 0 saturated heterocycles. The number of aromatic nitrogens is 2. The van der Waals surface area contributed by atoms with E-state index >= 15 is 4.79 Å². The highest BCUT2D eigenvalue weighted by Gasteiger charge is 2.41. The minimum absolute atomic E-state index is 0.0288. The van der Waals surface area contributed by atoms with Gasteiger partial charge in [-0.05, 0) is 108 Å². The van der Waals surface area contributed by atoms with Crippen LogP contribution in [0.15, 0.2) is 96.0 Å². The maximum atomic E-state index is 15.7. The summed E-state index contributed by atoms with van der Waals surface area (Å²) < 4.78 is 45.4. The van der Waals surface area contributed by atoms with Gasteiger partial charge in [-0.15, -0.1) is 0 Å². The quantitative estimate of drug-likeness (QED) is 0.0807. The molecule has 1 N–H and O–H groups in total. The Morgan fingerprint density at radius 3 is 2.03 bits per heavy atom. The molecule has 0 bridgehead atoms. The molecule has 0 spiro atoms. The van der Waals surface area contributed by atoms with Gasteiger partial charge >= 0.3 is 0 Å². The van der Waals surface area contributed by atoms with Crippen molar-refractivity contribution in [3.63, 3.8) is 0 Å². The maximum Gasteiger partial charge on any atom is 0.274 e. The van der Waals surface area contributed by atoms with Crippen molar-refractivity contribution in [1.82, 2.24) is 24.1 Å². The molecule has 3 amide bonds. The summed E-state index contributed by atoms with van der Waals surface area (Å²) in [6.45, 7) is 28.6. The fourth-order valence-corrected chi connectivity index (χ4v) is 11.1. The molecule has 6 rings (SSSR count). The average molecular weight is 994 g/mol. The summed E-state index contributed by atoms with van der Waals surface area (Å²) in [5, 5.41) is 1.46. The first-order valence-corrected chi connectivity index (χ1v) is 31.9. The number of benzene rings is 4. The SMILES string of the molecule is CCCCN(CCCC)C(=O)c1cn(CCO[Si](C)(C)C(C)(C)C)c(-c2ccc(C(=O)NS(=O)(=O)c3ccc4ccccc4c3)cc2C(=O)N2Cc3ccccc3C[C@H]2CO[Si](C)(C)C(C)(C)C)n1. The van der Waals surface area contributed by atoms with Gasteiger partial charge in [0.1, 0.15) is 11.5 Å². The van der Waals surface area contributed by atoms with Gasteiger partial charge in [0.2, 0.25) is 0 Å². The van der Waals surface area contributed by atoms with Crippen molar-refractivity contribution in [3.05, 3.63) is 119 Å². The summed E-state index contributed by atoms with van der Waals surface area (Å²) in [6.07, 6.45) is 5.87. The standard InChI is InChI=1S/C54H75N5O7SSi2/c1-13-15-29-57(30-16-14-2)52(62)48-37-58(31-32-65-68(9,10)53(3,4)5)49(55-48)46-28-26-42(50(60)56-67(63,64)45-27-25-39-21-17-18-23-41(39)34-45)35-47(46)51(61)59-36-43-24-20-19-22-40(43)33-44(59)38-66-69(11,12)54(6,7)8/h17-28,34-35,37,44H,13-16,29-33,36,38H2,1-12H3,(H,56,60)/t44-/m0/s1. The Morgan fingerprint density at radius 1 is 0.783 bits per heavy atom. The van der Waals surface area contributed by atoms with Gasteiger partial charge in [0.25, 0.3) is 27.7 Å². The smallest absolute Gasteiger partial charge is 0.274 e. The number of carbonyl (C=O) groups excluding carboxylic acids is 3. The summed E-state index contributed by atoms with van der Waals surface area (Å²) in [5.41, 5.74) is 2.90. The molecule has 1 aliphatic heterocycles. The van der Waals surface area contributed by atoms with E-state index in [4.69, 9.17) is 13.8 Å². The number of rotatable bonds is 19. The highest BCUT2D eigenvalue weighted by atomic mass is 32.2. The van der Waals surface area contributed by atoms with Crippen LogP contribution in [0.4, 0.5) is 0 Å². The number of fused-ring (bicyclic) bond motifs is 2. The van der Waals surface area contributed by atoms with Crippen LogP contribution >= 0.6 is 0 Å². The Morgan fingerprint density at radius 2 is 1.39 bits per heavy atom. The Kier molecular flexibility index (Phi) is 16.7. The van der Waals surface area contributed by atoms with Gasteiger partial charge < -0.3 is 23.2 Å². The van der Waals surface area contributed by atoms with E-state index in [1.54, 1.807) is 18.3 Å². The molecular formula is C54H75N5O7SSi2. The van der Waals surface area contributed by atoms with Crippen LogP contribution in [0.5, 0.6) is 0 Å². The highest BCUT2D eigenvalue weighted by Crippen LogP contribution is 2.39. The average Bonchev–Trinajstić information content (AvgIpc) is 3.72. The number of imidazole rings is 1. The van der Waals surface area contributed by atoms with Gasteiger partial charge in [-0.1, -0.05) is 123 Å². The Balaban J connectivity index is 1.49. The van der Waals surface area contributed by atoms with Crippen molar-refractivity contribution < 1.29 is 31.7 Å². The predicted molar refractivity (Wildman–Crippen MR) is 282 cm³/mol. The van der Waals surface area contributed by atoms with Crippen LogP contribution in [-0.4, -0.2) is 94.5 Å². The van der Waals surface area contributed by atoms with E-state index in [9.17, 15) is 18.0 Å². The van der Waals surface area contributed by atoms with Crippen LogP contribution in [0.3, 0.4) is 0 Å². The van der Waals surface area contributed by atoms with Gasteiger partial charge in [-0.3, -0.25) is 14.4 Å². The number of hydrogen-bond donors (Lipinski definition) is 1. The third-order valence-corrected chi connectivity index (χ3v) is 24.9. The van der Waals surface area contributed by atoms with Crippen molar-refractivity contribution >= 4 is 55.2 Å². The summed E-state index contributed by atoms with van der Waals surface area (Å²) >= 11 is 0. The maximum absolute atomic E-state index is 15.7. The Labute approximate surface area is 413 Å². The first-order valence-electron chi connectivity index (χ1n) is 24.6. The first-order chi connectivity index (χ1) is 32.4. The zero-order valence-corrected chi connectivity index (χ0v) is 45.9. The molecule has 4 aromatic carbocycles. The summed E-state index contributed by atoms with van der Waals surface area (Å²) in [7, 11) is -8.79. The van der Waals surface area contributed by atoms with E-state index in [0.717, 1.165) is 42.2 Å². The minimum Gasteiger partial charge on any atom is -0.415 e. The second-order valence-corrected chi connectivity index (χ2v) is 32.9. The van der Waals surface area contributed by atoms with Crippen molar-refractivity contribution in [2.45, 2.75) is 148 Å². The molecule has 12 nitrogen and oxygen atoms in total. The monoisotopic (exact) mass is 993 g/mol. The second kappa shape index (κ2) is 21.6. The zero-order valence-electron chi connectivity index (χ0n) is 43.1. The minimum atomic E-state index is -4.34. The van der Waals surface area contributed by atoms with Crippen LogP contribution in [-0.2, 0) is 38.4 Å². The molecule has 1 aromatic heterocycles. The van der Waals surface area contributed by atoms with E-state index in [1.165, 1.54) is 24.3 Å². The van der Waals surface area contributed by atoms with Gasteiger partial charge in [-0.25, -0.2) is 18.1 Å². The molecule has 5 aromatic rings. The number of nitrogens with zero attached hydrogens (tertiary/aromatic N) is 4. The van der Waals surface area contributed by atoms with Crippen LogP contribution in [0, 0.1) is 0 Å². The third kappa shape index (κ3) is 12.5. The molecule has 0 radical (unpaired) electrons. The molecule has 0 fully saturated rings. The number of sulfonamides is 1. The lowest BCUT2D eigenvalue weighted by molar-refractivity contribution is 0.0555. The van der Waals surface area contributed by atoms with Crippen LogP contribution in [0.25, 0.3) is 22.2 Å². The largest absolute Gasteiger partial charge is 0.415 e. The highest BCUT2D eigenvalue weighted by molar-refractivity contribution is 7.90. The molecule has 372 valence electrons. The second-order valence-electron chi connectivity index (χ2n) is 21.6. The normalized spacial score (nSPS) is 14.7. The van der Waals surface area contributed by atoms with Gasteiger partial charge in [0.05, 0.1) is 29.7 Å². The molecule has 1 atom stereocenters.